The molecule has 1 atom stereocenters. The van der Waals surface area contributed by atoms with Crippen LogP contribution in [0.2, 0.25) is 0 Å². The summed E-state index contributed by atoms with van der Waals surface area (Å²) in [6.45, 7) is 6.28. The first-order chi connectivity index (χ1) is 14.8. The van der Waals surface area contributed by atoms with Gasteiger partial charge in [0, 0.05) is 25.7 Å². The van der Waals surface area contributed by atoms with E-state index in [1.54, 1.807) is 11.6 Å². The second-order valence-corrected chi connectivity index (χ2v) is 8.51. The maximum atomic E-state index is 14.0. The van der Waals surface area contributed by atoms with E-state index in [9.17, 15) is 13.6 Å². The molecule has 9 heteroatoms. The summed E-state index contributed by atoms with van der Waals surface area (Å²) in [5.74, 6) is -1.29. The first-order valence-electron chi connectivity index (χ1n) is 10.0. The molecule has 1 unspecified atom stereocenters. The Hall–Kier alpha value is -2.52. The van der Waals surface area contributed by atoms with Crippen molar-refractivity contribution in [1.29, 1.82) is 0 Å². The molecular formula is C22H23BrF2N4O2. The molecule has 4 rings (SSSR count). The summed E-state index contributed by atoms with van der Waals surface area (Å²) in [7, 11) is 1.72. The standard InChI is InChI=1S/C22H23BrF2N4O2/c1-12-10-14(13(2)26-17-5-4-16(24)19(25)18(17)23)20-15(11-12)21(30)28(3)22(27-20)29-6-8-31-9-7-29/h4-5,10-11,13,26H,6-9H2,1-3H3. The lowest BCUT2D eigenvalue weighted by atomic mass is 10.0. The minimum Gasteiger partial charge on any atom is -0.378 e. The average molecular weight is 493 g/mol. The van der Waals surface area contributed by atoms with Gasteiger partial charge in [-0.05, 0) is 53.5 Å². The fourth-order valence-corrected chi connectivity index (χ4v) is 4.30. The first kappa shape index (κ1) is 21.7. The zero-order valence-electron chi connectivity index (χ0n) is 17.5. The zero-order chi connectivity index (χ0) is 22.3. The molecule has 2 aromatic carbocycles. The molecule has 6 nitrogen and oxygen atoms in total. The number of morpholine rings is 1. The third kappa shape index (κ3) is 4.04. The van der Waals surface area contributed by atoms with Gasteiger partial charge in [0.1, 0.15) is 0 Å². The minimum absolute atomic E-state index is 0.0224. The lowest BCUT2D eigenvalue weighted by molar-refractivity contribution is 0.121. The van der Waals surface area contributed by atoms with Crippen LogP contribution < -0.4 is 15.8 Å². The molecular weight excluding hydrogens is 470 g/mol. The van der Waals surface area contributed by atoms with E-state index in [2.05, 4.69) is 21.2 Å². The van der Waals surface area contributed by atoms with E-state index in [0.717, 1.165) is 17.2 Å². The van der Waals surface area contributed by atoms with Crippen LogP contribution >= 0.6 is 15.9 Å². The molecule has 3 aromatic rings. The van der Waals surface area contributed by atoms with Gasteiger partial charge >= 0.3 is 0 Å². The van der Waals surface area contributed by atoms with E-state index in [4.69, 9.17) is 9.72 Å². The van der Waals surface area contributed by atoms with Gasteiger partial charge in [0.2, 0.25) is 5.95 Å². The largest absolute Gasteiger partial charge is 0.378 e. The van der Waals surface area contributed by atoms with Crippen LogP contribution in [0.4, 0.5) is 20.4 Å². The summed E-state index contributed by atoms with van der Waals surface area (Å²) < 4.78 is 34.5. The molecule has 1 aliphatic heterocycles. The number of hydrogen-bond acceptors (Lipinski definition) is 5. The molecule has 1 aromatic heterocycles. The highest BCUT2D eigenvalue weighted by molar-refractivity contribution is 9.10. The normalized spacial score (nSPS) is 15.4. The number of rotatable bonds is 4. The number of aryl methyl sites for hydroxylation is 1. The smallest absolute Gasteiger partial charge is 0.262 e. The highest BCUT2D eigenvalue weighted by Gasteiger charge is 2.21. The van der Waals surface area contributed by atoms with E-state index in [0.29, 0.717) is 48.8 Å². The Morgan fingerprint density at radius 1 is 1.23 bits per heavy atom. The monoisotopic (exact) mass is 492 g/mol. The lowest BCUT2D eigenvalue weighted by Gasteiger charge is -2.29. The third-order valence-corrected chi connectivity index (χ3v) is 6.27. The molecule has 1 saturated heterocycles. The predicted molar refractivity (Wildman–Crippen MR) is 121 cm³/mol. The number of nitrogens with zero attached hydrogens (tertiary/aromatic N) is 3. The van der Waals surface area contributed by atoms with E-state index in [1.165, 1.54) is 6.07 Å². The Labute approximate surface area is 187 Å². The molecule has 0 bridgehead atoms. The fraction of sp³-hybridized carbons (Fsp3) is 0.364. The molecule has 2 heterocycles. The highest BCUT2D eigenvalue weighted by Crippen LogP contribution is 2.32. The highest BCUT2D eigenvalue weighted by atomic mass is 79.9. The van der Waals surface area contributed by atoms with Crippen molar-refractivity contribution in [2.45, 2.75) is 19.9 Å². The van der Waals surface area contributed by atoms with Gasteiger partial charge in [-0.2, -0.15) is 0 Å². The van der Waals surface area contributed by atoms with Gasteiger partial charge in [-0.1, -0.05) is 6.07 Å². The van der Waals surface area contributed by atoms with E-state index in [-0.39, 0.29) is 16.1 Å². The molecule has 0 spiro atoms. The molecule has 1 N–H and O–H groups in total. The van der Waals surface area contributed by atoms with Crippen molar-refractivity contribution in [2.75, 3.05) is 36.5 Å². The average Bonchev–Trinajstić information content (AvgIpc) is 2.77. The van der Waals surface area contributed by atoms with Crippen molar-refractivity contribution < 1.29 is 13.5 Å². The van der Waals surface area contributed by atoms with Crippen LogP contribution in [0.15, 0.2) is 33.5 Å². The van der Waals surface area contributed by atoms with Gasteiger partial charge in [-0.3, -0.25) is 9.36 Å². The topological polar surface area (TPSA) is 59.4 Å². The van der Waals surface area contributed by atoms with Crippen LogP contribution in [0.3, 0.4) is 0 Å². The summed E-state index contributed by atoms with van der Waals surface area (Å²) in [6.07, 6.45) is 0. The molecule has 0 aliphatic carbocycles. The van der Waals surface area contributed by atoms with E-state index >= 15 is 0 Å². The van der Waals surface area contributed by atoms with Crippen molar-refractivity contribution in [1.82, 2.24) is 9.55 Å². The van der Waals surface area contributed by atoms with Gasteiger partial charge in [-0.15, -0.1) is 0 Å². The van der Waals surface area contributed by atoms with Crippen molar-refractivity contribution in [3.63, 3.8) is 0 Å². The fourth-order valence-electron chi connectivity index (χ4n) is 3.87. The molecule has 0 radical (unpaired) electrons. The predicted octanol–water partition coefficient (Wildman–Crippen LogP) is 4.29. The zero-order valence-corrected chi connectivity index (χ0v) is 19.1. The van der Waals surface area contributed by atoms with Gasteiger partial charge < -0.3 is 15.0 Å². The summed E-state index contributed by atoms with van der Waals surface area (Å²) in [5, 5.41) is 3.73. The van der Waals surface area contributed by atoms with Crippen LogP contribution in [0.25, 0.3) is 10.9 Å². The summed E-state index contributed by atoms with van der Waals surface area (Å²) >= 11 is 3.12. The van der Waals surface area contributed by atoms with Gasteiger partial charge in [0.15, 0.2) is 11.6 Å². The summed E-state index contributed by atoms with van der Waals surface area (Å²) in [6, 6.07) is 6.03. The number of benzene rings is 2. The molecule has 1 fully saturated rings. The summed E-state index contributed by atoms with van der Waals surface area (Å²) in [4.78, 5) is 20.1. The number of aromatic nitrogens is 2. The Bertz CT molecular complexity index is 1210. The Balaban J connectivity index is 1.82. The van der Waals surface area contributed by atoms with Crippen molar-refractivity contribution in [3.8, 4) is 0 Å². The number of anilines is 2. The SMILES string of the molecule is Cc1cc(C(C)Nc2ccc(F)c(F)c2Br)c2nc(N3CCOCC3)n(C)c(=O)c2c1. The van der Waals surface area contributed by atoms with Crippen molar-refractivity contribution in [3.05, 3.63) is 61.9 Å². The molecule has 0 saturated carbocycles. The third-order valence-electron chi connectivity index (χ3n) is 5.50. The quantitative estimate of drug-likeness (QED) is 0.550. The van der Waals surface area contributed by atoms with Crippen molar-refractivity contribution in [2.24, 2.45) is 7.05 Å². The summed E-state index contributed by atoms with van der Waals surface area (Å²) in [5.41, 5.74) is 2.60. The number of fused-ring (bicyclic) bond motifs is 1. The van der Waals surface area contributed by atoms with E-state index < -0.39 is 11.6 Å². The molecule has 0 amide bonds. The Morgan fingerprint density at radius 3 is 2.65 bits per heavy atom. The number of hydrogen-bond donors (Lipinski definition) is 1. The second-order valence-electron chi connectivity index (χ2n) is 7.71. The van der Waals surface area contributed by atoms with Crippen LogP contribution in [-0.2, 0) is 11.8 Å². The van der Waals surface area contributed by atoms with Gasteiger partial charge in [0.05, 0.1) is 40.3 Å². The van der Waals surface area contributed by atoms with Gasteiger partial charge in [0.25, 0.3) is 5.56 Å². The Morgan fingerprint density at radius 2 is 1.94 bits per heavy atom. The minimum atomic E-state index is -0.951. The van der Waals surface area contributed by atoms with Crippen LogP contribution in [-0.4, -0.2) is 35.9 Å². The molecule has 31 heavy (non-hydrogen) atoms. The second kappa shape index (κ2) is 8.55. The van der Waals surface area contributed by atoms with Crippen LogP contribution in [0.1, 0.15) is 24.1 Å². The maximum absolute atomic E-state index is 14.0. The lowest BCUT2D eigenvalue weighted by Crippen LogP contribution is -2.40. The molecule has 164 valence electrons. The number of halogens is 3. The van der Waals surface area contributed by atoms with Crippen LogP contribution in [0, 0.1) is 18.6 Å². The first-order valence-corrected chi connectivity index (χ1v) is 10.8. The van der Waals surface area contributed by atoms with Crippen molar-refractivity contribution >= 4 is 38.5 Å². The van der Waals surface area contributed by atoms with E-state index in [1.807, 2.05) is 30.9 Å². The van der Waals surface area contributed by atoms with Gasteiger partial charge in [-0.25, -0.2) is 13.8 Å². The molecule has 1 aliphatic rings. The number of ether oxygens (including phenoxy) is 1. The Kier molecular flexibility index (Phi) is 5.98. The number of nitrogens with one attached hydrogen (secondary N) is 1. The van der Waals surface area contributed by atoms with Crippen LogP contribution in [0.5, 0.6) is 0 Å². The maximum Gasteiger partial charge on any atom is 0.262 e.